The highest BCUT2D eigenvalue weighted by Crippen LogP contribution is 2.63. The monoisotopic (exact) mass is 364 g/mol. The molecule has 5 aliphatic carbocycles. The Bertz CT molecular complexity index is 878. The van der Waals surface area contributed by atoms with Crippen LogP contribution in [0.5, 0.6) is 0 Å². The van der Waals surface area contributed by atoms with E-state index in [4.69, 9.17) is 4.98 Å². The standard InChI is InChI=1S/C21H28N6/c1-15-23-25-27(24-15)21-12-16-9-17(13-21)11-20(10-16,14-21)26-8-7-22-19(26)18-5-3-2-4-6-18/h2-3,7-8,16-18H,4-6,9-14H2,1H3. The minimum atomic E-state index is 0.0549. The molecule has 7 rings (SSSR count). The van der Waals surface area contributed by atoms with Crippen LogP contribution >= 0.6 is 0 Å². The van der Waals surface area contributed by atoms with E-state index in [1.165, 1.54) is 50.8 Å². The first-order valence-electron chi connectivity index (χ1n) is 10.6. The molecule has 0 amide bonds. The molecule has 3 unspecified atom stereocenters. The van der Waals surface area contributed by atoms with Gasteiger partial charge in [-0.15, -0.1) is 10.2 Å². The first-order valence-corrected chi connectivity index (χ1v) is 10.6. The smallest absolute Gasteiger partial charge is 0.171 e. The predicted octanol–water partition coefficient (Wildman–Crippen LogP) is 3.71. The Morgan fingerprint density at radius 2 is 1.89 bits per heavy atom. The van der Waals surface area contributed by atoms with Crippen LogP contribution in [0.4, 0.5) is 0 Å². The van der Waals surface area contributed by atoms with Crippen LogP contribution in [-0.2, 0) is 11.1 Å². The molecule has 5 aliphatic rings. The van der Waals surface area contributed by atoms with E-state index in [1.54, 1.807) is 0 Å². The first-order chi connectivity index (χ1) is 13.2. The van der Waals surface area contributed by atoms with Crippen LogP contribution < -0.4 is 0 Å². The van der Waals surface area contributed by atoms with Crippen molar-refractivity contribution in [2.75, 3.05) is 0 Å². The molecule has 0 N–H and O–H groups in total. The number of aryl methyl sites for hydroxylation is 1. The normalized spacial score (nSPS) is 40.0. The lowest BCUT2D eigenvalue weighted by Gasteiger charge is -2.61. The summed E-state index contributed by atoms with van der Waals surface area (Å²) in [4.78, 5) is 6.87. The molecule has 3 atom stereocenters. The molecule has 0 spiro atoms. The summed E-state index contributed by atoms with van der Waals surface area (Å²) in [7, 11) is 0. The second-order valence-electron chi connectivity index (χ2n) is 9.67. The minimum Gasteiger partial charge on any atom is -0.328 e. The zero-order valence-electron chi connectivity index (χ0n) is 16.1. The molecule has 2 aromatic rings. The second-order valence-corrected chi connectivity index (χ2v) is 9.67. The van der Waals surface area contributed by atoms with Crippen molar-refractivity contribution in [1.82, 2.24) is 29.8 Å². The number of hydrogen-bond donors (Lipinski definition) is 0. The van der Waals surface area contributed by atoms with Gasteiger partial charge in [-0.3, -0.25) is 0 Å². The molecule has 4 bridgehead atoms. The maximum Gasteiger partial charge on any atom is 0.171 e. The largest absolute Gasteiger partial charge is 0.328 e. The summed E-state index contributed by atoms with van der Waals surface area (Å²) in [5, 5.41) is 13.4. The third-order valence-corrected chi connectivity index (χ3v) is 7.75. The fourth-order valence-corrected chi connectivity index (χ4v) is 7.21. The summed E-state index contributed by atoms with van der Waals surface area (Å²) < 4.78 is 2.60. The maximum absolute atomic E-state index is 4.88. The average molecular weight is 364 g/mol. The van der Waals surface area contributed by atoms with E-state index in [-0.39, 0.29) is 11.1 Å². The highest BCUT2D eigenvalue weighted by atomic mass is 15.6. The number of rotatable bonds is 3. The van der Waals surface area contributed by atoms with Crippen molar-refractivity contribution < 1.29 is 0 Å². The van der Waals surface area contributed by atoms with Crippen molar-refractivity contribution in [2.24, 2.45) is 11.8 Å². The van der Waals surface area contributed by atoms with Crippen LogP contribution in [0.25, 0.3) is 0 Å². The molecule has 0 saturated heterocycles. The third kappa shape index (κ3) is 2.31. The molecule has 0 aliphatic heterocycles. The van der Waals surface area contributed by atoms with E-state index in [1.807, 2.05) is 17.9 Å². The predicted molar refractivity (Wildman–Crippen MR) is 101 cm³/mol. The van der Waals surface area contributed by atoms with Gasteiger partial charge in [0.05, 0.1) is 5.54 Å². The van der Waals surface area contributed by atoms with Gasteiger partial charge in [-0.05, 0) is 81.8 Å². The van der Waals surface area contributed by atoms with Crippen molar-refractivity contribution in [1.29, 1.82) is 0 Å². The van der Waals surface area contributed by atoms with Gasteiger partial charge in [-0.2, -0.15) is 4.80 Å². The molecule has 4 saturated carbocycles. The Balaban J connectivity index is 1.43. The van der Waals surface area contributed by atoms with Gasteiger partial charge < -0.3 is 4.57 Å². The van der Waals surface area contributed by atoms with Crippen molar-refractivity contribution in [3.63, 3.8) is 0 Å². The number of imidazole rings is 1. The second kappa shape index (κ2) is 5.52. The third-order valence-electron chi connectivity index (χ3n) is 7.75. The van der Waals surface area contributed by atoms with E-state index in [9.17, 15) is 0 Å². The molecule has 4 fully saturated rings. The first kappa shape index (κ1) is 16.0. The van der Waals surface area contributed by atoms with E-state index < -0.39 is 0 Å². The van der Waals surface area contributed by atoms with Crippen molar-refractivity contribution >= 4 is 0 Å². The van der Waals surface area contributed by atoms with Crippen molar-refractivity contribution in [3.8, 4) is 0 Å². The van der Waals surface area contributed by atoms with Crippen LogP contribution in [0, 0.1) is 18.8 Å². The highest BCUT2D eigenvalue weighted by molar-refractivity contribution is 5.17. The lowest BCUT2D eigenvalue weighted by atomic mass is 9.50. The lowest BCUT2D eigenvalue weighted by Crippen LogP contribution is -2.61. The van der Waals surface area contributed by atoms with Crippen molar-refractivity contribution in [2.45, 2.75) is 81.7 Å². The molecule has 27 heavy (non-hydrogen) atoms. The zero-order valence-corrected chi connectivity index (χ0v) is 16.1. The SMILES string of the molecule is Cc1nnn(C23CC4CC(C2)CC(n2ccnc2C2CC=CCC2)(C4)C3)n1. The molecular weight excluding hydrogens is 336 g/mol. The van der Waals surface area contributed by atoms with E-state index in [2.05, 4.69) is 38.3 Å². The molecule has 0 aromatic carbocycles. The lowest BCUT2D eigenvalue weighted by molar-refractivity contribution is -0.105. The number of nitrogens with zero attached hydrogens (tertiary/aromatic N) is 6. The Hall–Kier alpha value is -1.98. The van der Waals surface area contributed by atoms with Gasteiger partial charge in [0.15, 0.2) is 5.82 Å². The molecule has 0 radical (unpaired) electrons. The molecule has 6 nitrogen and oxygen atoms in total. The summed E-state index contributed by atoms with van der Waals surface area (Å²) in [6, 6.07) is 0. The fraction of sp³-hybridized carbons (Fsp3) is 0.714. The van der Waals surface area contributed by atoms with Crippen molar-refractivity contribution in [3.05, 3.63) is 36.2 Å². The van der Waals surface area contributed by atoms with E-state index in [0.29, 0.717) is 5.92 Å². The molecule has 2 heterocycles. The average Bonchev–Trinajstić information content (AvgIpc) is 3.31. The maximum atomic E-state index is 4.88. The van der Waals surface area contributed by atoms with E-state index >= 15 is 0 Å². The zero-order chi connectivity index (χ0) is 18.1. The Labute approximate surface area is 160 Å². The van der Waals surface area contributed by atoms with Gasteiger partial charge >= 0.3 is 0 Å². The van der Waals surface area contributed by atoms with Gasteiger partial charge in [0.1, 0.15) is 5.82 Å². The summed E-state index contributed by atoms with van der Waals surface area (Å²) in [5.41, 5.74) is 0.248. The molecule has 6 heteroatoms. The highest BCUT2D eigenvalue weighted by Gasteiger charge is 2.60. The van der Waals surface area contributed by atoms with Crippen LogP contribution in [-0.4, -0.2) is 29.8 Å². The van der Waals surface area contributed by atoms with Gasteiger partial charge in [-0.1, -0.05) is 12.2 Å². The molecule has 142 valence electrons. The molecular formula is C21H28N6. The van der Waals surface area contributed by atoms with Gasteiger partial charge in [0, 0.05) is 23.9 Å². The van der Waals surface area contributed by atoms with Crippen LogP contribution in [0.3, 0.4) is 0 Å². The minimum absolute atomic E-state index is 0.0549. The summed E-state index contributed by atoms with van der Waals surface area (Å²) in [6.45, 7) is 1.95. The topological polar surface area (TPSA) is 61.4 Å². The van der Waals surface area contributed by atoms with Gasteiger partial charge in [-0.25, -0.2) is 4.98 Å². The van der Waals surface area contributed by atoms with E-state index in [0.717, 1.165) is 30.5 Å². The van der Waals surface area contributed by atoms with Crippen LogP contribution in [0.2, 0.25) is 0 Å². The fourth-order valence-electron chi connectivity index (χ4n) is 7.21. The summed E-state index contributed by atoms with van der Waals surface area (Å²) in [5.74, 6) is 4.23. The van der Waals surface area contributed by atoms with Crippen LogP contribution in [0.1, 0.15) is 75.4 Å². The Morgan fingerprint density at radius 3 is 2.59 bits per heavy atom. The Morgan fingerprint density at radius 1 is 1.07 bits per heavy atom. The Kier molecular flexibility index (Phi) is 3.27. The number of allylic oxidation sites excluding steroid dienone is 2. The van der Waals surface area contributed by atoms with Crippen LogP contribution in [0.15, 0.2) is 24.5 Å². The quantitative estimate of drug-likeness (QED) is 0.779. The number of hydrogen-bond acceptors (Lipinski definition) is 4. The van der Waals surface area contributed by atoms with Gasteiger partial charge in [0.2, 0.25) is 0 Å². The number of tetrazole rings is 1. The summed E-state index contributed by atoms with van der Waals surface area (Å²) >= 11 is 0. The summed E-state index contributed by atoms with van der Waals surface area (Å²) in [6.07, 6.45) is 20.1. The van der Waals surface area contributed by atoms with Gasteiger partial charge in [0.25, 0.3) is 0 Å². The number of aromatic nitrogens is 6. The molecule has 2 aromatic heterocycles.